The molecule has 5 heteroatoms. The molecule has 1 aliphatic rings. The van der Waals surface area contributed by atoms with Crippen LogP contribution in [0.5, 0.6) is 5.75 Å². The van der Waals surface area contributed by atoms with Gasteiger partial charge in [-0.05, 0) is 37.9 Å². The van der Waals surface area contributed by atoms with E-state index in [2.05, 4.69) is 5.32 Å². The van der Waals surface area contributed by atoms with Gasteiger partial charge in [-0.3, -0.25) is 10.1 Å². The Balaban J connectivity index is 1.74. The lowest BCUT2D eigenvalue weighted by Gasteiger charge is -2.23. The average Bonchev–Trinajstić information content (AvgIpc) is 2.40. The number of hydrogen-bond acceptors (Lipinski definition) is 4. The molecule has 5 nitrogen and oxygen atoms in total. The van der Waals surface area contributed by atoms with Gasteiger partial charge in [-0.1, -0.05) is 6.42 Å². The van der Waals surface area contributed by atoms with Crippen molar-refractivity contribution in [2.24, 2.45) is 0 Å². The minimum atomic E-state index is -0.407. The second-order valence-electron chi connectivity index (χ2n) is 4.53. The molecule has 1 fully saturated rings. The summed E-state index contributed by atoms with van der Waals surface area (Å²) in [5.74, 6) is 0.691. The van der Waals surface area contributed by atoms with Gasteiger partial charge in [-0.2, -0.15) is 0 Å². The van der Waals surface area contributed by atoms with Crippen LogP contribution in [0, 0.1) is 10.1 Å². The summed E-state index contributed by atoms with van der Waals surface area (Å²) in [4.78, 5) is 10.1. The Hall–Kier alpha value is -1.62. The molecular weight excluding hydrogens is 232 g/mol. The van der Waals surface area contributed by atoms with Crippen LogP contribution in [0.3, 0.4) is 0 Å². The zero-order valence-electron chi connectivity index (χ0n) is 10.3. The van der Waals surface area contributed by atoms with Gasteiger partial charge >= 0.3 is 0 Å². The van der Waals surface area contributed by atoms with E-state index < -0.39 is 4.92 Å². The molecule has 0 amide bonds. The summed E-state index contributed by atoms with van der Waals surface area (Å²) in [5, 5.41) is 13.9. The highest BCUT2D eigenvalue weighted by molar-refractivity contribution is 5.35. The summed E-state index contributed by atoms with van der Waals surface area (Å²) >= 11 is 0. The molecule has 1 aromatic rings. The van der Waals surface area contributed by atoms with Gasteiger partial charge in [0.05, 0.1) is 11.5 Å². The van der Waals surface area contributed by atoms with Gasteiger partial charge in [-0.15, -0.1) is 0 Å². The Kier molecular flexibility index (Phi) is 4.52. The quantitative estimate of drug-likeness (QED) is 0.644. The second kappa shape index (κ2) is 6.35. The lowest BCUT2D eigenvalue weighted by molar-refractivity contribution is -0.384. The predicted molar refractivity (Wildman–Crippen MR) is 68.9 cm³/mol. The highest BCUT2D eigenvalue weighted by Gasteiger charge is 2.12. The zero-order chi connectivity index (χ0) is 12.8. The smallest absolute Gasteiger partial charge is 0.269 e. The van der Waals surface area contributed by atoms with E-state index in [4.69, 9.17) is 4.74 Å². The van der Waals surface area contributed by atoms with E-state index in [9.17, 15) is 10.1 Å². The SMILES string of the molecule is O=[N+]([O-])c1ccc(OCC[C@H]2CCCCN2)cc1. The summed E-state index contributed by atoms with van der Waals surface area (Å²) in [7, 11) is 0. The summed E-state index contributed by atoms with van der Waals surface area (Å²) in [6, 6.07) is 6.78. The van der Waals surface area contributed by atoms with Crippen LogP contribution in [0.4, 0.5) is 5.69 Å². The Morgan fingerprint density at radius 1 is 1.33 bits per heavy atom. The highest BCUT2D eigenvalue weighted by Crippen LogP contribution is 2.18. The first-order valence-electron chi connectivity index (χ1n) is 6.36. The molecule has 0 radical (unpaired) electrons. The standard InChI is InChI=1S/C13H18N2O3/c16-15(17)12-4-6-13(7-5-12)18-10-8-11-3-1-2-9-14-11/h4-7,11,14H,1-3,8-10H2/t11-/m1/s1. The molecule has 1 N–H and O–H groups in total. The van der Waals surface area contributed by atoms with Gasteiger partial charge in [0, 0.05) is 18.2 Å². The van der Waals surface area contributed by atoms with Crippen LogP contribution < -0.4 is 10.1 Å². The normalized spacial score (nSPS) is 19.4. The molecule has 0 unspecified atom stereocenters. The van der Waals surface area contributed by atoms with Crippen molar-refractivity contribution in [2.75, 3.05) is 13.2 Å². The van der Waals surface area contributed by atoms with Gasteiger partial charge in [0.25, 0.3) is 5.69 Å². The molecule has 1 aromatic carbocycles. The first kappa shape index (κ1) is 12.8. The third-order valence-corrected chi connectivity index (χ3v) is 3.19. The van der Waals surface area contributed by atoms with Crippen LogP contribution in [-0.2, 0) is 0 Å². The molecule has 0 aliphatic carbocycles. The fourth-order valence-corrected chi connectivity index (χ4v) is 2.15. The van der Waals surface area contributed by atoms with E-state index >= 15 is 0 Å². The molecule has 0 spiro atoms. The molecule has 0 aromatic heterocycles. The molecule has 0 bridgehead atoms. The van der Waals surface area contributed by atoms with E-state index in [1.54, 1.807) is 12.1 Å². The van der Waals surface area contributed by atoms with Gasteiger partial charge in [-0.25, -0.2) is 0 Å². The van der Waals surface area contributed by atoms with E-state index in [0.29, 0.717) is 18.4 Å². The number of piperidine rings is 1. The van der Waals surface area contributed by atoms with Crippen molar-refractivity contribution in [1.29, 1.82) is 0 Å². The summed E-state index contributed by atoms with van der Waals surface area (Å²) < 4.78 is 5.58. The lowest BCUT2D eigenvalue weighted by Crippen LogP contribution is -2.35. The first-order chi connectivity index (χ1) is 8.75. The van der Waals surface area contributed by atoms with Crippen LogP contribution >= 0.6 is 0 Å². The molecule has 1 aliphatic heterocycles. The van der Waals surface area contributed by atoms with Crippen LogP contribution in [0.1, 0.15) is 25.7 Å². The van der Waals surface area contributed by atoms with Crippen molar-refractivity contribution in [3.8, 4) is 5.75 Å². The molecule has 2 rings (SSSR count). The molecule has 1 atom stereocenters. The third-order valence-electron chi connectivity index (χ3n) is 3.19. The Bertz CT molecular complexity index is 386. The minimum Gasteiger partial charge on any atom is -0.494 e. The topological polar surface area (TPSA) is 64.4 Å². The van der Waals surface area contributed by atoms with Crippen LogP contribution in [0.2, 0.25) is 0 Å². The number of non-ortho nitro benzene ring substituents is 1. The Morgan fingerprint density at radius 2 is 2.11 bits per heavy atom. The first-order valence-corrected chi connectivity index (χ1v) is 6.36. The predicted octanol–water partition coefficient (Wildman–Crippen LogP) is 2.51. The largest absolute Gasteiger partial charge is 0.494 e. The number of nitrogens with zero attached hydrogens (tertiary/aromatic N) is 1. The number of hydrogen-bond donors (Lipinski definition) is 1. The number of nitro groups is 1. The van der Waals surface area contributed by atoms with Crippen molar-refractivity contribution >= 4 is 5.69 Å². The number of benzene rings is 1. The van der Waals surface area contributed by atoms with E-state index in [-0.39, 0.29) is 5.69 Å². The van der Waals surface area contributed by atoms with Crippen molar-refractivity contribution in [3.63, 3.8) is 0 Å². The molecule has 18 heavy (non-hydrogen) atoms. The Labute approximate surface area is 106 Å². The van der Waals surface area contributed by atoms with E-state index in [1.807, 2.05) is 0 Å². The average molecular weight is 250 g/mol. The summed E-state index contributed by atoms with van der Waals surface area (Å²) in [6.45, 7) is 1.75. The molecule has 1 saturated heterocycles. The van der Waals surface area contributed by atoms with Crippen molar-refractivity contribution in [1.82, 2.24) is 5.32 Å². The number of rotatable bonds is 5. The van der Waals surface area contributed by atoms with Crippen molar-refractivity contribution < 1.29 is 9.66 Å². The van der Waals surface area contributed by atoms with Gasteiger partial charge in [0.1, 0.15) is 5.75 Å². The van der Waals surface area contributed by atoms with Crippen LogP contribution in [0.25, 0.3) is 0 Å². The number of nitro benzene ring substituents is 1. The Morgan fingerprint density at radius 3 is 2.72 bits per heavy atom. The fourth-order valence-electron chi connectivity index (χ4n) is 2.15. The number of ether oxygens (including phenoxy) is 1. The molecule has 98 valence electrons. The maximum Gasteiger partial charge on any atom is 0.269 e. The molecule has 0 saturated carbocycles. The van der Waals surface area contributed by atoms with Gasteiger partial charge in [0.2, 0.25) is 0 Å². The van der Waals surface area contributed by atoms with Crippen molar-refractivity contribution in [2.45, 2.75) is 31.7 Å². The van der Waals surface area contributed by atoms with E-state index in [0.717, 1.165) is 13.0 Å². The second-order valence-corrected chi connectivity index (χ2v) is 4.53. The monoisotopic (exact) mass is 250 g/mol. The summed E-state index contributed by atoms with van der Waals surface area (Å²) in [6.07, 6.45) is 4.75. The minimum absolute atomic E-state index is 0.0938. The van der Waals surface area contributed by atoms with Gasteiger partial charge in [0.15, 0.2) is 0 Å². The molecule has 1 heterocycles. The fraction of sp³-hybridized carbons (Fsp3) is 0.538. The van der Waals surface area contributed by atoms with Gasteiger partial charge < -0.3 is 10.1 Å². The third kappa shape index (κ3) is 3.70. The van der Waals surface area contributed by atoms with Crippen LogP contribution in [-0.4, -0.2) is 24.1 Å². The number of nitrogens with one attached hydrogen (secondary N) is 1. The zero-order valence-corrected chi connectivity index (χ0v) is 10.3. The molecular formula is C13H18N2O3. The summed E-state index contributed by atoms with van der Waals surface area (Å²) in [5.41, 5.74) is 0.0938. The van der Waals surface area contributed by atoms with Crippen LogP contribution in [0.15, 0.2) is 24.3 Å². The highest BCUT2D eigenvalue weighted by atomic mass is 16.6. The maximum absolute atomic E-state index is 10.5. The van der Waals surface area contributed by atoms with E-state index in [1.165, 1.54) is 31.4 Å². The lowest BCUT2D eigenvalue weighted by atomic mass is 10.0. The van der Waals surface area contributed by atoms with Crippen molar-refractivity contribution in [3.05, 3.63) is 34.4 Å². The maximum atomic E-state index is 10.5.